The molecule has 1 aliphatic heterocycles. The number of esters is 1. The number of cyclic esters (lactones) is 1. The van der Waals surface area contributed by atoms with Gasteiger partial charge in [-0.3, -0.25) is 9.59 Å². The Balaban J connectivity index is 1.48. The number of anilines is 1. The van der Waals surface area contributed by atoms with E-state index < -0.39 is 11.9 Å². The first-order chi connectivity index (χ1) is 13.0. The zero-order chi connectivity index (χ0) is 19.2. The molecule has 146 valence electrons. The SMILES string of the molecule is NC(=O)[C@H](CNc1ccc2c(c1)C(=O)OC2)NC(=O)CCC1CCCCC1. The average Bonchev–Trinajstić information content (AvgIpc) is 3.04. The lowest BCUT2D eigenvalue weighted by atomic mass is 9.86. The predicted octanol–water partition coefficient (Wildman–Crippen LogP) is 2.10. The van der Waals surface area contributed by atoms with Gasteiger partial charge in [0.05, 0.1) is 5.56 Å². The highest BCUT2D eigenvalue weighted by Crippen LogP contribution is 2.27. The molecule has 1 heterocycles. The van der Waals surface area contributed by atoms with E-state index >= 15 is 0 Å². The first-order valence-electron chi connectivity index (χ1n) is 9.65. The number of nitrogens with one attached hydrogen (secondary N) is 2. The van der Waals surface area contributed by atoms with Gasteiger partial charge in [-0.05, 0) is 24.5 Å². The van der Waals surface area contributed by atoms with Crippen LogP contribution >= 0.6 is 0 Å². The largest absolute Gasteiger partial charge is 0.457 e. The molecule has 4 N–H and O–H groups in total. The molecule has 2 aliphatic rings. The van der Waals surface area contributed by atoms with Gasteiger partial charge in [-0.15, -0.1) is 0 Å². The van der Waals surface area contributed by atoms with Gasteiger partial charge >= 0.3 is 5.97 Å². The lowest BCUT2D eigenvalue weighted by molar-refractivity contribution is -0.127. The van der Waals surface area contributed by atoms with E-state index in [4.69, 9.17) is 10.5 Å². The molecule has 0 bridgehead atoms. The first-order valence-corrected chi connectivity index (χ1v) is 9.65. The van der Waals surface area contributed by atoms with Crippen LogP contribution in [0.15, 0.2) is 18.2 Å². The Hall–Kier alpha value is -2.57. The summed E-state index contributed by atoms with van der Waals surface area (Å²) in [5.74, 6) is -0.477. The van der Waals surface area contributed by atoms with Gasteiger partial charge in [-0.1, -0.05) is 38.2 Å². The summed E-state index contributed by atoms with van der Waals surface area (Å²) in [7, 11) is 0. The summed E-state index contributed by atoms with van der Waals surface area (Å²) in [5, 5.41) is 5.78. The molecule has 1 aliphatic carbocycles. The highest BCUT2D eigenvalue weighted by Gasteiger charge is 2.22. The first kappa shape index (κ1) is 19.2. The molecular weight excluding hydrogens is 346 g/mol. The quantitative estimate of drug-likeness (QED) is 0.605. The third-order valence-electron chi connectivity index (χ3n) is 5.38. The van der Waals surface area contributed by atoms with Gasteiger partial charge < -0.3 is 21.1 Å². The van der Waals surface area contributed by atoms with Crippen molar-refractivity contribution in [1.29, 1.82) is 0 Å². The molecule has 0 spiro atoms. The lowest BCUT2D eigenvalue weighted by Crippen LogP contribution is -2.48. The van der Waals surface area contributed by atoms with Gasteiger partial charge in [0.2, 0.25) is 11.8 Å². The molecule has 1 aromatic carbocycles. The van der Waals surface area contributed by atoms with Crippen LogP contribution in [0.3, 0.4) is 0 Å². The standard InChI is InChI=1S/C20H27N3O4/c21-19(25)17(23-18(24)9-6-13-4-2-1-3-5-13)11-22-15-8-7-14-12-27-20(26)16(14)10-15/h7-8,10,13,17,22H,1-6,9,11-12H2,(H2,21,25)(H,23,24)/t17-/m0/s1. The number of nitrogens with two attached hydrogens (primary N) is 1. The molecule has 7 nitrogen and oxygen atoms in total. The second kappa shape index (κ2) is 8.88. The molecule has 1 atom stereocenters. The van der Waals surface area contributed by atoms with Crippen molar-refractivity contribution in [3.63, 3.8) is 0 Å². The maximum Gasteiger partial charge on any atom is 0.338 e. The minimum absolute atomic E-state index is 0.149. The second-order valence-corrected chi connectivity index (χ2v) is 7.39. The van der Waals surface area contributed by atoms with Crippen molar-refractivity contribution in [2.45, 2.75) is 57.6 Å². The van der Waals surface area contributed by atoms with Crippen molar-refractivity contribution in [2.75, 3.05) is 11.9 Å². The number of hydrogen-bond donors (Lipinski definition) is 3. The molecule has 1 fully saturated rings. The molecule has 27 heavy (non-hydrogen) atoms. The van der Waals surface area contributed by atoms with Crippen molar-refractivity contribution in [3.05, 3.63) is 29.3 Å². The fraction of sp³-hybridized carbons (Fsp3) is 0.550. The average molecular weight is 373 g/mol. The molecule has 0 saturated heterocycles. The van der Waals surface area contributed by atoms with Crippen LogP contribution in [0.1, 0.15) is 60.9 Å². The van der Waals surface area contributed by atoms with Gasteiger partial charge in [0.1, 0.15) is 12.6 Å². The summed E-state index contributed by atoms with van der Waals surface area (Å²) < 4.78 is 4.97. The van der Waals surface area contributed by atoms with Gasteiger partial charge in [0, 0.05) is 24.2 Å². The number of carbonyl (C=O) groups excluding carboxylic acids is 3. The Morgan fingerprint density at radius 2 is 2.00 bits per heavy atom. The van der Waals surface area contributed by atoms with E-state index in [1.54, 1.807) is 6.07 Å². The van der Waals surface area contributed by atoms with E-state index in [-0.39, 0.29) is 25.0 Å². The van der Waals surface area contributed by atoms with Crippen LogP contribution in [-0.4, -0.2) is 30.4 Å². The second-order valence-electron chi connectivity index (χ2n) is 7.39. The normalized spacial score (nSPS) is 17.7. The fourth-order valence-electron chi connectivity index (χ4n) is 3.74. The number of primary amides is 1. The number of fused-ring (bicyclic) bond motifs is 1. The van der Waals surface area contributed by atoms with E-state index in [0.717, 1.165) is 12.0 Å². The minimum atomic E-state index is -0.802. The summed E-state index contributed by atoms with van der Waals surface area (Å²) in [4.78, 5) is 35.5. The maximum absolute atomic E-state index is 12.2. The number of amides is 2. The predicted molar refractivity (Wildman–Crippen MR) is 101 cm³/mol. The smallest absolute Gasteiger partial charge is 0.338 e. The molecule has 2 amide bonds. The van der Waals surface area contributed by atoms with Crippen LogP contribution in [0.4, 0.5) is 5.69 Å². The van der Waals surface area contributed by atoms with Gasteiger partial charge in [-0.25, -0.2) is 4.79 Å². The Kier molecular flexibility index (Phi) is 6.32. The third-order valence-corrected chi connectivity index (χ3v) is 5.38. The zero-order valence-corrected chi connectivity index (χ0v) is 15.5. The highest BCUT2D eigenvalue weighted by molar-refractivity contribution is 5.94. The number of rotatable bonds is 8. The van der Waals surface area contributed by atoms with Crippen molar-refractivity contribution in [1.82, 2.24) is 5.32 Å². The summed E-state index contributed by atoms with van der Waals surface area (Å²) >= 11 is 0. The van der Waals surface area contributed by atoms with Crippen molar-refractivity contribution in [2.24, 2.45) is 11.7 Å². The molecular formula is C20H27N3O4. The highest BCUT2D eigenvalue weighted by atomic mass is 16.5. The molecule has 1 aromatic rings. The fourth-order valence-corrected chi connectivity index (χ4v) is 3.74. The minimum Gasteiger partial charge on any atom is -0.457 e. The maximum atomic E-state index is 12.2. The number of ether oxygens (including phenoxy) is 1. The van der Waals surface area contributed by atoms with Gasteiger partial charge in [-0.2, -0.15) is 0 Å². The molecule has 1 saturated carbocycles. The van der Waals surface area contributed by atoms with E-state index in [9.17, 15) is 14.4 Å². The topological polar surface area (TPSA) is 111 Å². The van der Waals surface area contributed by atoms with Crippen molar-refractivity contribution in [3.8, 4) is 0 Å². The van der Waals surface area contributed by atoms with E-state index in [0.29, 0.717) is 23.6 Å². The number of carbonyl (C=O) groups is 3. The molecule has 0 radical (unpaired) electrons. The van der Waals surface area contributed by atoms with Crippen LogP contribution in [0.5, 0.6) is 0 Å². The Morgan fingerprint density at radius 1 is 1.22 bits per heavy atom. The summed E-state index contributed by atoms with van der Waals surface area (Å²) in [6, 6.07) is 4.51. The molecule has 3 rings (SSSR count). The number of hydrogen-bond acceptors (Lipinski definition) is 5. The van der Waals surface area contributed by atoms with E-state index in [2.05, 4.69) is 10.6 Å². The summed E-state index contributed by atoms with van der Waals surface area (Å²) in [5.41, 5.74) is 7.47. The van der Waals surface area contributed by atoms with E-state index in [1.807, 2.05) is 12.1 Å². The van der Waals surface area contributed by atoms with Crippen molar-refractivity contribution >= 4 is 23.5 Å². The number of benzene rings is 1. The zero-order valence-electron chi connectivity index (χ0n) is 15.5. The van der Waals surface area contributed by atoms with E-state index in [1.165, 1.54) is 32.1 Å². The monoisotopic (exact) mass is 373 g/mol. The van der Waals surface area contributed by atoms with Crippen molar-refractivity contribution < 1.29 is 19.1 Å². The van der Waals surface area contributed by atoms with Gasteiger partial charge in [0.25, 0.3) is 0 Å². The third kappa shape index (κ3) is 5.21. The van der Waals surface area contributed by atoms with Crippen LogP contribution in [0.2, 0.25) is 0 Å². The molecule has 0 unspecified atom stereocenters. The van der Waals surface area contributed by atoms with Crippen LogP contribution in [-0.2, 0) is 20.9 Å². The molecule has 7 heteroatoms. The van der Waals surface area contributed by atoms with Gasteiger partial charge in [0.15, 0.2) is 0 Å². The Morgan fingerprint density at radius 3 is 2.74 bits per heavy atom. The van der Waals surface area contributed by atoms with Crippen LogP contribution in [0.25, 0.3) is 0 Å². The van der Waals surface area contributed by atoms with Crippen LogP contribution in [0, 0.1) is 5.92 Å². The Labute approximate surface area is 159 Å². The Bertz CT molecular complexity index is 713. The summed E-state index contributed by atoms with van der Waals surface area (Å²) in [6.07, 6.45) is 7.43. The lowest BCUT2D eigenvalue weighted by Gasteiger charge is -2.22. The van der Waals surface area contributed by atoms with Crippen LogP contribution < -0.4 is 16.4 Å². The summed E-state index contributed by atoms with van der Waals surface area (Å²) in [6.45, 7) is 0.452. The molecule has 0 aromatic heterocycles.